The van der Waals surface area contributed by atoms with Gasteiger partial charge in [-0.15, -0.1) is 45.8 Å². The molecule has 1 unspecified atom stereocenters. The van der Waals surface area contributed by atoms with Gasteiger partial charge in [-0.3, -0.25) is 0 Å². The minimum absolute atomic E-state index is 0.659. The number of unbranched alkanes of at least 4 members (excludes halogenated alkanes) is 5. The van der Waals surface area contributed by atoms with Gasteiger partial charge in [0.25, 0.3) is 0 Å². The van der Waals surface area contributed by atoms with E-state index >= 15 is 0 Å². The number of thiophene rings is 3. The van der Waals surface area contributed by atoms with Crippen molar-refractivity contribution in [2.45, 2.75) is 68.4 Å². The minimum atomic E-state index is 0.659. The first kappa shape index (κ1) is 19.2. The summed E-state index contributed by atoms with van der Waals surface area (Å²) in [5, 5.41) is 0.659. The molecule has 1 aliphatic heterocycles. The van der Waals surface area contributed by atoms with Crippen molar-refractivity contribution < 1.29 is 0 Å². The van der Waals surface area contributed by atoms with E-state index in [0.29, 0.717) is 5.25 Å². The highest BCUT2D eigenvalue weighted by molar-refractivity contribution is 8.01. The first-order chi connectivity index (χ1) is 13.8. The van der Waals surface area contributed by atoms with Gasteiger partial charge in [-0.05, 0) is 43.0 Å². The third kappa shape index (κ3) is 3.69. The van der Waals surface area contributed by atoms with Crippen LogP contribution in [0.15, 0.2) is 41.3 Å². The number of hydrogen-bond acceptors (Lipinski definition) is 4. The Bertz CT molecular complexity index is 1030. The van der Waals surface area contributed by atoms with E-state index in [2.05, 4.69) is 55.1 Å². The number of allylic oxidation sites excluding steroid dienone is 3. The first-order valence-electron chi connectivity index (χ1n) is 10.5. The minimum Gasteiger partial charge on any atom is -0.139 e. The van der Waals surface area contributed by atoms with Crippen molar-refractivity contribution in [1.82, 2.24) is 0 Å². The molecule has 0 saturated carbocycles. The molecule has 0 saturated heterocycles. The van der Waals surface area contributed by atoms with Gasteiger partial charge in [0.15, 0.2) is 0 Å². The van der Waals surface area contributed by atoms with Crippen LogP contribution in [0.1, 0.15) is 61.6 Å². The molecule has 3 aromatic heterocycles. The van der Waals surface area contributed by atoms with Gasteiger partial charge < -0.3 is 0 Å². The SMILES string of the molecule is CCCCCCCCc1ccc(-c2cc3sc4c(c3s2)SC2CC=CC=C42)s1. The van der Waals surface area contributed by atoms with E-state index in [1.54, 1.807) is 20.2 Å². The summed E-state index contributed by atoms with van der Waals surface area (Å²) in [5.74, 6) is 0. The van der Waals surface area contributed by atoms with Crippen LogP contribution >= 0.6 is 45.8 Å². The maximum Gasteiger partial charge on any atom is 0.0600 e. The molecule has 0 nitrogen and oxygen atoms in total. The van der Waals surface area contributed by atoms with Crippen LogP contribution in [0, 0.1) is 0 Å². The average molecular weight is 443 g/mol. The Balaban J connectivity index is 1.28. The molecule has 5 rings (SSSR count). The highest BCUT2D eigenvalue weighted by atomic mass is 32.2. The molecule has 28 heavy (non-hydrogen) atoms. The fourth-order valence-corrected chi connectivity index (χ4v) is 9.66. The summed E-state index contributed by atoms with van der Waals surface area (Å²) in [4.78, 5) is 7.58. The number of rotatable bonds is 8. The molecule has 2 aliphatic rings. The van der Waals surface area contributed by atoms with Gasteiger partial charge in [0, 0.05) is 34.4 Å². The maximum absolute atomic E-state index is 2.44. The predicted molar refractivity (Wildman–Crippen MR) is 131 cm³/mol. The average Bonchev–Trinajstić information content (AvgIpc) is 3.45. The molecule has 4 heterocycles. The van der Waals surface area contributed by atoms with Gasteiger partial charge in [0.2, 0.25) is 0 Å². The summed E-state index contributed by atoms with van der Waals surface area (Å²) >= 11 is 8.13. The Labute approximate surface area is 184 Å². The van der Waals surface area contributed by atoms with Crippen molar-refractivity contribution in [2.24, 2.45) is 0 Å². The molecule has 0 amide bonds. The molecular weight excluding hydrogens is 417 g/mol. The van der Waals surface area contributed by atoms with Crippen molar-refractivity contribution in [2.75, 3.05) is 0 Å². The van der Waals surface area contributed by atoms with Crippen LogP contribution in [-0.4, -0.2) is 5.25 Å². The molecular formula is C24H26S4. The lowest BCUT2D eigenvalue weighted by Gasteiger charge is -2.11. The largest absolute Gasteiger partial charge is 0.139 e. The molecule has 0 radical (unpaired) electrons. The number of fused-ring (bicyclic) bond motifs is 5. The van der Waals surface area contributed by atoms with Gasteiger partial charge in [-0.1, -0.05) is 57.3 Å². The smallest absolute Gasteiger partial charge is 0.0600 e. The molecule has 1 atom stereocenters. The zero-order chi connectivity index (χ0) is 18.9. The summed E-state index contributed by atoms with van der Waals surface area (Å²) in [6.45, 7) is 2.29. The highest BCUT2D eigenvalue weighted by Gasteiger charge is 2.32. The number of hydrogen-bond donors (Lipinski definition) is 0. The monoisotopic (exact) mass is 442 g/mol. The standard InChI is InChI=1S/C24H26S4/c1-2-3-4-5-6-7-10-16-13-14-19(25-16)20-15-21-23(27-20)24-22(28-21)17-11-8-9-12-18(17)26-24/h8-9,11,13-15,18H,2-7,10,12H2,1H3. The fraction of sp³-hybridized carbons (Fsp3) is 0.417. The van der Waals surface area contributed by atoms with E-state index in [0.717, 1.165) is 0 Å². The van der Waals surface area contributed by atoms with E-state index in [4.69, 9.17) is 0 Å². The zero-order valence-corrected chi connectivity index (χ0v) is 19.6. The van der Waals surface area contributed by atoms with Crippen molar-refractivity contribution in [3.05, 3.63) is 46.2 Å². The molecule has 1 aliphatic carbocycles. The Kier molecular flexibility index (Phi) is 5.83. The molecule has 0 fully saturated rings. The second-order valence-electron chi connectivity index (χ2n) is 7.74. The van der Waals surface area contributed by atoms with Crippen LogP contribution in [0.4, 0.5) is 0 Å². The van der Waals surface area contributed by atoms with Gasteiger partial charge >= 0.3 is 0 Å². The summed E-state index contributed by atoms with van der Waals surface area (Å²) in [7, 11) is 0. The second-order valence-corrected chi connectivity index (χ2v) is 12.2. The lowest BCUT2D eigenvalue weighted by molar-refractivity contribution is 0.609. The quantitative estimate of drug-likeness (QED) is 0.313. The second kappa shape index (κ2) is 8.51. The van der Waals surface area contributed by atoms with Crippen molar-refractivity contribution >= 4 is 60.7 Å². The molecule has 0 aromatic carbocycles. The third-order valence-corrected chi connectivity index (χ3v) is 11.1. The lowest BCUT2D eigenvalue weighted by Crippen LogP contribution is -1.99. The molecule has 0 bridgehead atoms. The predicted octanol–water partition coefficient (Wildman–Crippen LogP) is 9.41. The lowest BCUT2D eigenvalue weighted by atomic mass is 10.0. The number of thioether (sulfide) groups is 1. The van der Waals surface area contributed by atoms with Gasteiger partial charge in [-0.2, -0.15) is 0 Å². The van der Waals surface area contributed by atoms with Crippen LogP contribution in [0.25, 0.3) is 24.7 Å². The van der Waals surface area contributed by atoms with E-state index in [9.17, 15) is 0 Å². The van der Waals surface area contributed by atoms with Crippen molar-refractivity contribution in [3.8, 4) is 9.75 Å². The zero-order valence-electron chi connectivity index (χ0n) is 16.3. The van der Waals surface area contributed by atoms with Gasteiger partial charge in [0.1, 0.15) is 0 Å². The molecule has 0 N–H and O–H groups in total. The summed E-state index contributed by atoms with van der Waals surface area (Å²) in [6, 6.07) is 7.16. The summed E-state index contributed by atoms with van der Waals surface area (Å²) in [5.41, 5.74) is 1.56. The molecule has 3 aromatic rings. The van der Waals surface area contributed by atoms with Crippen molar-refractivity contribution in [1.29, 1.82) is 0 Å². The van der Waals surface area contributed by atoms with Crippen LogP contribution in [-0.2, 0) is 6.42 Å². The fourth-order valence-electron chi connectivity index (χ4n) is 4.09. The van der Waals surface area contributed by atoms with Gasteiger partial charge in [0.05, 0.1) is 4.70 Å². The Morgan fingerprint density at radius 1 is 0.964 bits per heavy atom. The molecule has 0 spiro atoms. The Hall–Kier alpha value is -0.810. The Morgan fingerprint density at radius 3 is 2.79 bits per heavy atom. The van der Waals surface area contributed by atoms with Crippen LogP contribution in [0.5, 0.6) is 0 Å². The van der Waals surface area contributed by atoms with Crippen LogP contribution in [0.3, 0.4) is 0 Å². The summed E-state index contributed by atoms with van der Waals surface area (Å²) < 4.78 is 3.01. The van der Waals surface area contributed by atoms with E-state index in [1.807, 2.05) is 34.0 Å². The van der Waals surface area contributed by atoms with E-state index < -0.39 is 0 Å². The van der Waals surface area contributed by atoms with E-state index in [-0.39, 0.29) is 0 Å². The molecule has 146 valence electrons. The first-order valence-corrected chi connectivity index (χ1v) is 13.9. The van der Waals surface area contributed by atoms with Crippen molar-refractivity contribution in [3.63, 3.8) is 0 Å². The van der Waals surface area contributed by atoms with Gasteiger partial charge in [-0.25, -0.2) is 0 Å². The highest BCUT2D eigenvalue weighted by Crippen LogP contribution is 2.57. The normalized spacial score (nSPS) is 17.9. The summed E-state index contributed by atoms with van der Waals surface area (Å²) in [6.07, 6.45) is 17.6. The van der Waals surface area contributed by atoms with Crippen LogP contribution < -0.4 is 0 Å². The Morgan fingerprint density at radius 2 is 1.86 bits per heavy atom. The number of aryl methyl sites for hydroxylation is 1. The topological polar surface area (TPSA) is 0 Å². The van der Waals surface area contributed by atoms with E-state index in [1.165, 1.54) is 70.5 Å². The maximum atomic E-state index is 2.44. The third-order valence-electron chi connectivity index (χ3n) is 5.63. The molecule has 4 heteroatoms. The van der Waals surface area contributed by atoms with Crippen LogP contribution in [0.2, 0.25) is 0 Å².